The molecule has 0 saturated carbocycles. The van der Waals surface area contributed by atoms with Gasteiger partial charge in [-0.25, -0.2) is 0 Å². The number of benzene rings is 2. The molecule has 2 aromatic carbocycles. The third-order valence-corrected chi connectivity index (χ3v) is 3.24. The van der Waals surface area contributed by atoms with Crippen molar-refractivity contribution in [3.05, 3.63) is 52.5 Å². The number of halogens is 1. The number of aldehydes is 1. The molecule has 2 rings (SSSR count). The monoisotopic (exact) mass is 290 g/mol. The average molecular weight is 291 g/mol. The van der Waals surface area contributed by atoms with Gasteiger partial charge in [0.25, 0.3) is 0 Å². The zero-order valence-corrected chi connectivity index (χ0v) is 10.9. The molecule has 0 amide bonds. The molecular formula is C14H11BrO2. The lowest BCUT2D eigenvalue weighted by Crippen LogP contribution is -1.91. The molecule has 2 aromatic rings. The highest BCUT2D eigenvalue weighted by molar-refractivity contribution is 9.10. The topological polar surface area (TPSA) is 26.3 Å². The molecule has 0 unspecified atom stereocenters. The number of hydrogen-bond donors (Lipinski definition) is 0. The smallest absolute Gasteiger partial charge is 0.150 e. The third-order valence-electron chi connectivity index (χ3n) is 2.55. The first-order chi connectivity index (χ1) is 8.26. The number of ether oxygens (including phenoxy) is 1. The van der Waals surface area contributed by atoms with Gasteiger partial charge >= 0.3 is 0 Å². The van der Waals surface area contributed by atoms with Crippen molar-refractivity contribution < 1.29 is 9.53 Å². The van der Waals surface area contributed by atoms with Crippen LogP contribution < -0.4 is 4.74 Å². The number of rotatable bonds is 3. The predicted octanol–water partition coefficient (Wildman–Crippen LogP) is 3.94. The first-order valence-corrected chi connectivity index (χ1v) is 5.93. The van der Waals surface area contributed by atoms with E-state index in [0.29, 0.717) is 11.3 Å². The average Bonchev–Trinajstić information content (AvgIpc) is 2.38. The van der Waals surface area contributed by atoms with Gasteiger partial charge in [0.1, 0.15) is 5.75 Å². The summed E-state index contributed by atoms with van der Waals surface area (Å²) in [6.45, 7) is 0. The molecule has 86 valence electrons. The quantitative estimate of drug-likeness (QED) is 0.801. The molecule has 0 N–H and O–H groups in total. The summed E-state index contributed by atoms with van der Waals surface area (Å²) < 4.78 is 6.07. The fourth-order valence-electron chi connectivity index (χ4n) is 1.69. The van der Waals surface area contributed by atoms with E-state index >= 15 is 0 Å². The number of carbonyl (C=O) groups excluding carboxylic acids is 1. The fourth-order valence-corrected chi connectivity index (χ4v) is 2.19. The summed E-state index contributed by atoms with van der Waals surface area (Å²) >= 11 is 3.48. The molecule has 0 aliphatic carbocycles. The van der Waals surface area contributed by atoms with Gasteiger partial charge in [0.15, 0.2) is 6.29 Å². The highest BCUT2D eigenvalue weighted by atomic mass is 79.9. The fraction of sp³-hybridized carbons (Fsp3) is 0.0714. The summed E-state index contributed by atoms with van der Waals surface area (Å²) in [6.07, 6.45) is 0.845. The van der Waals surface area contributed by atoms with Crippen LogP contribution in [0.25, 0.3) is 11.1 Å². The van der Waals surface area contributed by atoms with Crippen LogP contribution in [-0.4, -0.2) is 13.4 Å². The van der Waals surface area contributed by atoms with Crippen LogP contribution in [-0.2, 0) is 0 Å². The van der Waals surface area contributed by atoms with Gasteiger partial charge in [0, 0.05) is 10.0 Å². The van der Waals surface area contributed by atoms with Gasteiger partial charge in [-0.3, -0.25) is 4.79 Å². The molecule has 0 saturated heterocycles. The van der Waals surface area contributed by atoms with Gasteiger partial charge in [0.05, 0.1) is 7.11 Å². The van der Waals surface area contributed by atoms with E-state index in [2.05, 4.69) is 15.9 Å². The molecule has 0 atom stereocenters. The minimum atomic E-state index is 0.622. The van der Waals surface area contributed by atoms with E-state index in [1.54, 1.807) is 13.2 Å². The maximum Gasteiger partial charge on any atom is 0.150 e. The molecule has 0 spiro atoms. The second kappa shape index (κ2) is 5.15. The van der Waals surface area contributed by atoms with Gasteiger partial charge < -0.3 is 4.74 Å². The molecule has 17 heavy (non-hydrogen) atoms. The van der Waals surface area contributed by atoms with Crippen molar-refractivity contribution in [2.45, 2.75) is 0 Å². The highest BCUT2D eigenvalue weighted by Crippen LogP contribution is 2.31. The minimum absolute atomic E-state index is 0.622. The molecule has 0 radical (unpaired) electrons. The molecule has 0 heterocycles. The Hall–Kier alpha value is -1.61. The molecule has 0 aliphatic rings. The predicted molar refractivity (Wildman–Crippen MR) is 71.5 cm³/mol. The van der Waals surface area contributed by atoms with Crippen molar-refractivity contribution in [1.82, 2.24) is 0 Å². The molecule has 0 fully saturated rings. The molecule has 2 nitrogen and oxygen atoms in total. The maximum absolute atomic E-state index is 11.1. The molecule has 0 aromatic heterocycles. The van der Waals surface area contributed by atoms with E-state index in [-0.39, 0.29) is 0 Å². The Morgan fingerprint density at radius 2 is 1.88 bits per heavy atom. The Morgan fingerprint density at radius 1 is 1.12 bits per heavy atom. The number of carbonyl (C=O) groups is 1. The van der Waals surface area contributed by atoms with Crippen LogP contribution >= 0.6 is 15.9 Å². The van der Waals surface area contributed by atoms with Crippen LogP contribution in [0.2, 0.25) is 0 Å². The number of hydrogen-bond acceptors (Lipinski definition) is 2. The van der Waals surface area contributed by atoms with E-state index in [4.69, 9.17) is 4.74 Å². The SMILES string of the molecule is COc1ccc(-c2ccccc2Br)c(C=O)c1. The maximum atomic E-state index is 11.1. The van der Waals surface area contributed by atoms with Crippen LogP contribution in [0.1, 0.15) is 10.4 Å². The standard InChI is InChI=1S/C14H11BrO2/c1-17-11-6-7-12(10(8-11)9-16)13-4-2-3-5-14(13)15/h2-9H,1H3. The van der Waals surface area contributed by atoms with Gasteiger partial charge in [-0.1, -0.05) is 34.1 Å². The summed E-state index contributed by atoms with van der Waals surface area (Å²) in [5, 5.41) is 0. The zero-order chi connectivity index (χ0) is 12.3. The molecule has 0 aliphatic heterocycles. The third kappa shape index (κ3) is 2.39. The molecule has 0 bridgehead atoms. The van der Waals surface area contributed by atoms with Crippen LogP contribution in [0.4, 0.5) is 0 Å². The normalized spacial score (nSPS) is 10.0. The lowest BCUT2D eigenvalue weighted by Gasteiger charge is -2.09. The minimum Gasteiger partial charge on any atom is -0.497 e. The zero-order valence-electron chi connectivity index (χ0n) is 9.31. The Morgan fingerprint density at radius 3 is 2.53 bits per heavy atom. The van der Waals surface area contributed by atoms with Crippen molar-refractivity contribution in [3.63, 3.8) is 0 Å². The lowest BCUT2D eigenvalue weighted by molar-refractivity contribution is 0.112. The van der Waals surface area contributed by atoms with Gasteiger partial charge in [-0.15, -0.1) is 0 Å². The second-order valence-corrected chi connectivity index (χ2v) is 4.41. The van der Waals surface area contributed by atoms with Crippen LogP contribution in [0.15, 0.2) is 46.9 Å². The first kappa shape index (κ1) is 11.9. The lowest BCUT2D eigenvalue weighted by atomic mass is 10.0. The summed E-state index contributed by atoms with van der Waals surface area (Å²) in [6, 6.07) is 13.3. The van der Waals surface area contributed by atoms with E-state index < -0.39 is 0 Å². The van der Waals surface area contributed by atoms with E-state index in [9.17, 15) is 4.79 Å². The Labute approximate surface area is 108 Å². The van der Waals surface area contributed by atoms with Crippen molar-refractivity contribution in [1.29, 1.82) is 0 Å². The van der Waals surface area contributed by atoms with Crippen LogP contribution in [0.3, 0.4) is 0 Å². The van der Waals surface area contributed by atoms with Gasteiger partial charge in [-0.05, 0) is 35.4 Å². The van der Waals surface area contributed by atoms with Crippen molar-refractivity contribution in [3.8, 4) is 16.9 Å². The summed E-state index contributed by atoms with van der Waals surface area (Å²) in [5.41, 5.74) is 2.52. The second-order valence-electron chi connectivity index (χ2n) is 3.55. The largest absolute Gasteiger partial charge is 0.497 e. The van der Waals surface area contributed by atoms with Crippen molar-refractivity contribution >= 4 is 22.2 Å². The molecule has 3 heteroatoms. The van der Waals surface area contributed by atoms with Crippen LogP contribution in [0, 0.1) is 0 Å². The van der Waals surface area contributed by atoms with Crippen molar-refractivity contribution in [2.24, 2.45) is 0 Å². The molecular weight excluding hydrogens is 280 g/mol. The van der Waals surface area contributed by atoms with Crippen molar-refractivity contribution in [2.75, 3.05) is 7.11 Å². The summed E-state index contributed by atoms with van der Waals surface area (Å²) in [7, 11) is 1.59. The van der Waals surface area contributed by atoms with Gasteiger partial charge in [-0.2, -0.15) is 0 Å². The van der Waals surface area contributed by atoms with Crippen LogP contribution in [0.5, 0.6) is 5.75 Å². The number of methoxy groups -OCH3 is 1. The first-order valence-electron chi connectivity index (χ1n) is 5.14. The highest BCUT2D eigenvalue weighted by Gasteiger charge is 2.08. The Kier molecular flexibility index (Phi) is 3.59. The Balaban J connectivity index is 2.60. The van der Waals surface area contributed by atoms with E-state index in [1.807, 2.05) is 36.4 Å². The summed E-state index contributed by atoms with van der Waals surface area (Å²) in [5.74, 6) is 0.683. The van der Waals surface area contributed by atoms with E-state index in [1.165, 1.54) is 0 Å². The Bertz CT molecular complexity index is 550. The van der Waals surface area contributed by atoms with E-state index in [0.717, 1.165) is 21.9 Å². The van der Waals surface area contributed by atoms with Gasteiger partial charge in [0.2, 0.25) is 0 Å². The summed E-state index contributed by atoms with van der Waals surface area (Å²) in [4.78, 5) is 11.1.